The molecule has 0 amide bonds. The Bertz CT molecular complexity index is 583. The van der Waals surface area contributed by atoms with Crippen LogP contribution in [0, 0.1) is 0 Å². The Hall–Kier alpha value is -2.44. The topological polar surface area (TPSA) is 87.3 Å². The van der Waals surface area contributed by atoms with Gasteiger partial charge in [0.25, 0.3) is 0 Å². The standard InChI is InChI=1S/C13H15N3O4/c1-3-4-12-15-11(16-20-12)8-19-10-5-9(6-14-7-10)13(17)18-2/h5-7H,3-4,8H2,1-2H3. The molecule has 106 valence electrons. The Kier molecular flexibility index (Phi) is 4.65. The Morgan fingerprint density at radius 2 is 2.25 bits per heavy atom. The fraction of sp³-hybridized carbons (Fsp3) is 0.385. The minimum absolute atomic E-state index is 0.152. The zero-order chi connectivity index (χ0) is 14.4. The fourth-order valence-electron chi connectivity index (χ4n) is 1.54. The summed E-state index contributed by atoms with van der Waals surface area (Å²) in [4.78, 5) is 19.4. The normalized spacial score (nSPS) is 10.3. The first-order valence-electron chi connectivity index (χ1n) is 6.20. The molecule has 0 fully saturated rings. The highest BCUT2D eigenvalue weighted by Gasteiger charge is 2.09. The average molecular weight is 277 g/mol. The number of ether oxygens (including phenoxy) is 2. The smallest absolute Gasteiger partial charge is 0.339 e. The SMILES string of the molecule is CCCc1nc(COc2cncc(C(=O)OC)c2)no1. The molecule has 2 heterocycles. The second kappa shape index (κ2) is 6.65. The number of carbonyl (C=O) groups is 1. The average Bonchev–Trinajstić information content (AvgIpc) is 2.93. The molecule has 0 unspecified atom stereocenters. The highest BCUT2D eigenvalue weighted by Crippen LogP contribution is 2.13. The van der Waals surface area contributed by atoms with E-state index in [0.717, 1.165) is 12.8 Å². The summed E-state index contributed by atoms with van der Waals surface area (Å²) >= 11 is 0. The molecule has 0 spiro atoms. The van der Waals surface area contributed by atoms with Crippen molar-refractivity contribution in [2.45, 2.75) is 26.4 Å². The molecular formula is C13H15N3O4. The van der Waals surface area contributed by atoms with Gasteiger partial charge in [-0.2, -0.15) is 4.98 Å². The monoisotopic (exact) mass is 277 g/mol. The van der Waals surface area contributed by atoms with E-state index in [1.54, 1.807) is 6.07 Å². The predicted molar refractivity (Wildman–Crippen MR) is 68.2 cm³/mol. The van der Waals surface area contributed by atoms with Gasteiger partial charge in [0.05, 0.1) is 18.9 Å². The third-order valence-corrected chi connectivity index (χ3v) is 2.48. The van der Waals surface area contributed by atoms with Crippen LogP contribution in [-0.2, 0) is 17.8 Å². The lowest BCUT2D eigenvalue weighted by Gasteiger charge is -2.04. The van der Waals surface area contributed by atoms with E-state index in [9.17, 15) is 4.79 Å². The molecule has 2 aromatic rings. The first-order chi connectivity index (χ1) is 9.72. The predicted octanol–water partition coefficient (Wildman–Crippen LogP) is 1.78. The largest absolute Gasteiger partial charge is 0.484 e. The van der Waals surface area contributed by atoms with E-state index in [0.29, 0.717) is 23.0 Å². The van der Waals surface area contributed by atoms with Gasteiger partial charge in [-0.15, -0.1) is 0 Å². The van der Waals surface area contributed by atoms with Crippen LogP contribution in [0.2, 0.25) is 0 Å². The number of esters is 1. The Morgan fingerprint density at radius 1 is 1.40 bits per heavy atom. The van der Waals surface area contributed by atoms with E-state index in [1.807, 2.05) is 6.92 Å². The van der Waals surface area contributed by atoms with Gasteiger partial charge in [-0.1, -0.05) is 12.1 Å². The van der Waals surface area contributed by atoms with Gasteiger partial charge in [0, 0.05) is 12.6 Å². The zero-order valence-electron chi connectivity index (χ0n) is 11.3. The first-order valence-corrected chi connectivity index (χ1v) is 6.20. The molecule has 0 radical (unpaired) electrons. The summed E-state index contributed by atoms with van der Waals surface area (Å²) in [5, 5.41) is 3.80. The molecule has 0 N–H and O–H groups in total. The molecule has 0 aliphatic rings. The van der Waals surface area contributed by atoms with E-state index in [-0.39, 0.29) is 6.61 Å². The molecule has 7 heteroatoms. The van der Waals surface area contributed by atoms with E-state index in [4.69, 9.17) is 9.26 Å². The molecule has 2 aromatic heterocycles. The van der Waals surface area contributed by atoms with Gasteiger partial charge >= 0.3 is 5.97 Å². The van der Waals surface area contributed by atoms with Gasteiger partial charge in [-0.25, -0.2) is 4.79 Å². The maximum Gasteiger partial charge on any atom is 0.339 e. The molecule has 0 aliphatic carbocycles. The van der Waals surface area contributed by atoms with Crippen LogP contribution in [0.15, 0.2) is 23.0 Å². The molecule has 0 aliphatic heterocycles. The maximum absolute atomic E-state index is 11.4. The van der Waals surface area contributed by atoms with E-state index in [1.165, 1.54) is 19.5 Å². The summed E-state index contributed by atoms with van der Waals surface area (Å²) in [6.45, 7) is 2.18. The summed E-state index contributed by atoms with van der Waals surface area (Å²) in [6, 6.07) is 1.55. The number of aryl methyl sites for hydroxylation is 1. The van der Waals surface area contributed by atoms with Crippen LogP contribution >= 0.6 is 0 Å². The van der Waals surface area contributed by atoms with E-state index in [2.05, 4.69) is 19.9 Å². The highest BCUT2D eigenvalue weighted by molar-refractivity contribution is 5.89. The highest BCUT2D eigenvalue weighted by atomic mass is 16.5. The van der Waals surface area contributed by atoms with Gasteiger partial charge in [0.1, 0.15) is 5.75 Å². The number of rotatable bonds is 6. The molecule has 0 atom stereocenters. The van der Waals surface area contributed by atoms with E-state index < -0.39 is 5.97 Å². The van der Waals surface area contributed by atoms with Gasteiger partial charge < -0.3 is 14.0 Å². The fourth-order valence-corrected chi connectivity index (χ4v) is 1.54. The maximum atomic E-state index is 11.4. The van der Waals surface area contributed by atoms with E-state index >= 15 is 0 Å². The summed E-state index contributed by atoms with van der Waals surface area (Å²) in [5.74, 6) is 1.02. The number of hydrogen-bond acceptors (Lipinski definition) is 7. The Morgan fingerprint density at radius 3 is 3.00 bits per heavy atom. The first kappa shape index (κ1) is 14.0. The quantitative estimate of drug-likeness (QED) is 0.743. The second-order valence-electron chi connectivity index (χ2n) is 4.04. The molecule has 0 bridgehead atoms. The lowest BCUT2D eigenvalue weighted by molar-refractivity contribution is 0.0599. The van der Waals surface area contributed by atoms with Gasteiger partial charge in [-0.3, -0.25) is 4.98 Å². The van der Waals surface area contributed by atoms with Crippen LogP contribution in [0.1, 0.15) is 35.4 Å². The van der Waals surface area contributed by atoms with Gasteiger partial charge in [-0.05, 0) is 12.5 Å². The lowest BCUT2D eigenvalue weighted by atomic mass is 10.3. The van der Waals surface area contributed by atoms with Gasteiger partial charge in [0.2, 0.25) is 11.7 Å². The molecule has 20 heavy (non-hydrogen) atoms. The third-order valence-electron chi connectivity index (χ3n) is 2.48. The van der Waals surface area contributed by atoms with Crippen molar-refractivity contribution in [2.75, 3.05) is 7.11 Å². The van der Waals surface area contributed by atoms with Crippen molar-refractivity contribution in [2.24, 2.45) is 0 Å². The lowest BCUT2D eigenvalue weighted by Crippen LogP contribution is -2.03. The van der Waals surface area contributed by atoms with Crippen LogP contribution in [0.5, 0.6) is 5.75 Å². The number of hydrogen-bond donors (Lipinski definition) is 0. The Labute approximate surface area is 115 Å². The number of carbonyl (C=O) groups excluding carboxylic acids is 1. The van der Waals surface area contributed by atoms with Crippen molar-refractivity contribution >= 4 is 5.97 Å². The minimum Gasteiger partial charge on any atom is -0.484 e. The molecular weight excluding hydrogens is 262 g/mol. The molecule has 2 rings (SSSR count). The summed E-state index contributed by atoms with van der Waals surface area (Å²) in [7, 11) is 1.31. The zero-order valence-corrected chi connectivity index (χ0v) is 11.3. The summed E-state index contributed by atoms with van der Waals surface area (Å²) in [5.41, 5.74) is 0.324. The molecule has 7 nitrogen and oxygen atoms in total. The van der Waals surface area contributed by atoms with Crippen molar-refractivity contribution in [3.63, 3.8) is 0 Å². The molecule has 0 aromatic carbocycles. The summed E-state index contributed by atoms with van der Waals surface area (Å²) in [6.07, 6.45) is 4.59. The second-order valence-corrected chi connectivity index (χ2v) is 4.04. The number of aromatic nitrogens is 3. The van der Waals surface area contributed by atoms with Crippen molar-refractivity contribution in [1.82, 2.24) is 15.1 Å². The number of pyridine rings is 1. The molecule has 0 saturated carbocycles. The van der Waals surface area contributed by atoms with Gasteiger partial charge in [0.15, 0.2) is 6.61 Å². The van der Waals surface area contributed by atoms with Crippen LogP contribution in [0.4, 0.5) is 0 Å². The van der Waals surface area contributed by atoms with Crippen molar-refractivity contribution in [3.8, 4) is 5.75 Å². The Balaban J connectivity index is 1.97. The van der Waals surface area contributed by atoms with Crippen LogP contribution in [-0.4, -0.2) is 28.2 Å². The van der Waals surface area contributed by atoms with Crippen LogP contribution in [0.3, 0.4) is 0 Å². The minimum atomic E-state index is -0.465. The van der Waals surface area contributed by atoms with Crippen LogP contribution < -0.4 is 4.74 Å². The molecule has 0 saturated heterocycles. The van der Waals surface area contributed by atoms with Crippen molar-refractivity contribution in [1.29, 1.82) is 0 Å². The third kappa shape index (κ3) is 3.53. The van der Waals surface area contributed by atoms with Crippen molar-refractivity contribution in [3.05, 3.63) is 35.7 Å². The number of methoxy groups -OCH3 is 1. The number of nitrogens with zero attached hydrogens (tertiary/aromatic N) is 3. The summed E-state index contributed by atoms with van der Waals surface area (Å²) < 4.78 is 15.1. The van der Waals surface area contributed by atoms with Crippen LogP contribution in [0.25, 0.3) is 0 Å². The van der Waals surface area contributed by atoms with Crippen molar-refractivity contribution < 1.29 is 18.8 Å².